The zero-order chi connectivity index (χ0) is 15.9. The maximum atomic E-state index is 2.47. The number of hydrogen-bond acceptors (Lipinski definition) is 0. The average Bonchev–Trinajstić information content (AvgIpc) is 3.37. The molecule has 0 radical (unpaired) electrons. The van der Waals surface area contributed by atoms with E-state index in [9.17, 15) is 0 Å². The third kappa shape index (κ3) is 1.95. The lowest BCUT2D eigenvalue weighted by atomic mass is 10.2. The summed E-state index contributed by atoms with van der Waals surface area (Å²) in [6.07, 6.45) is 8.59. The Bertz CT molecular complexity index is 1020. The minimum Gasteiger partial charge on any atom is -0.298 e. The van der Waals surface area contributed by atoms with Crippen LogP contribution in [-0.4, -0.2) is 13.0 Å². The minimum absolute atomic E-state index is 0.784. The normalized spacial score (nSPS) is 11.7. The summed E-state index contributed by atoms with van der Waals surface area (Å²) in [5.41, 5.74) is 2.54. The maximum Gasteiger partial charge on any atom is 0.220 e. The smallest absolute Gasteiger partial charge is 0.220 e. The number of para-hydroxylation sites is 2. The molecule has 0 unspecified atom stereocenters. The molecule has 0 spiro atoms. The van der Waals surface area contributed by atoms with Crippen molar-refractivity contribution in [3.8, 4) is 0 Å². The van der Waals surface area contributed by atoms with Crippen LogP contribution >= 0.6 is 8.37 Å². The lowest BCUT2D eigenvalue weighted by molar-refractivity contribution is 1.08. The van der Waals surface area contributed by atoms with E-state index in [0.717, 1.165) is 0 Å². The fourth-order valence-corrected chi connectivity index (χ4v) is 5.48. The second-order valence-electron chi connectivity index (χ2n) is 5.74. The van der Waals surface area contributed by atoms with Gasteiger partial charge in [0.25, 0.3) is 0 Å². The van der Waals surface area contributed by atoms with Gasteiger partial charge in [-0.3, -0.25) is 13.0 Å². The van der Waals surface area contributed by atoms with Crippen LogP contribution in [0.5, 0.6) is 0 Å². The molecule has 0 aliphatic carbocycles. The molecule has 0 fully saturated rings. The molecule has 0 amide bonds. The zero-order valence-electron chi connectivity index (χ0n) is 13.0. The van der Waals surface area contributed by atoms with E-state index in [4.69, 9.17) is 0 Å². The first-order valence-corrected chi connectivity index (χ1v) is 9.18. The Morgan fingerprint density at radius 1 is 0.500 bits per heavy atom. The van der Waals surface area contributed by atoms with Gasteiger partial charge in [0.15, 0.2) is 0 Å². The molecule has 0 N–H and O–H groups in total. The molecule has 2 aromatic carbocycles. The minimum atomic E-state index is -0.784. The van der Waals surface area contributed by atoms with Crippen LogP contribution in [-0.2, 0) is 0 Å². The summed E-state index contributed by atoms with van der Waals surface area (Å²) in [6.45, 7) is 0. The van der Waals surface area contributed by atoms with E-state index < -0.39 is 8.37 Å². The molecule has 0 aliphatic rings. The van der Waals surface area contributed by atoms with Gasteiger partial charge in [-0.05, 0) is 36.4 Å². The molecule has 116 valence electrons. The lowest BCUT2D eigenvalue weighted by Gasteiger charge is -2.23. The Balaban J connectivity index is 1.92. The number of hydrogen-bond donors (Lipinski definition) is 0. The van der Waals surface area contributed by atoms with Gasteiger partial charge in [-0.15, -0.1) is 0 Å². The molecule has 0 saturated heterocycles. The Hall–Kier alpha value is -2.77. The van der Waals surface area contributed by atoms with Crippen molar-refractivity contribution < 1.29 is 0 Å². The molecule has 0 saturated carbocycles. The fourth-order valence-electron chi connectivity index (χ4n) is 3.31. The molecule has 0 atom stereocenters. The molecule has 24 heavy (non-hydrogen) atoms. The van der Waals surface area contributed by atoms with Crippen LogP contribution in [0.2, 0.25) is 0 Å². The van der Waals surface area contributed by atoms with Gasteiger partial charge in [-0.2, -0.15) is 0 Å². The van der Waals surface area contributed by atoms with Gasteiger partial charge in [-0.25, -0.2) is 0 Å². The largest absolute Gasteiger partial charge is 0.298 e. The third-order valence-corrected chi connectivity index (χ3v) is 6.47. The highest BCUT2D eigenvalue weighted by atomic mass is 31.1. The zero-order valence-corrected chi connectivity index (χ0v) is 13.9. The van der Waals surface area contributed by atoms with E-state index in [0.29, 0.717) is 0 Å². The summed E-state index contributed by atoms with van der Waals surface area (Å²) in [5.74, 6) is 0. The summed E-state index contributed by atoms with van der Waals surface area (Å²) < 4.78 is 7.07. The van der Waals surface area contributed by atoms with E-state index in [-0.39, 0.29) is 0 Å². The third-order valence-electron chi connectivity index (χ3n) is 4.32. The van der Waals surface area contributed by atoms with Crippen LogP contribution < -0.4 is 0 Å². The van der Waals surface area contributed by atoms with E-state index in [1.165, 1.54) is 21.8 Å². The molecule has 5 aromatic rings. The van der Waals surface area contributed by atoms with Gasteiger partial charge in [0, 0.05) is 35.6 Å². The highest BCUT2D eigenvalue weighted by Crippen LogP contribution is 2.47. The Morgan fingerprint density at radius 3 is 1.38 bits per heavy atom. The molecule has 4 heteroatoms. The van der Waals surface area contributed by atoms with Crippen LogP contribution in [0.1, 0.15) is 0 Å². The van der Waals surface area contributed by atoms with Crippen molar-refractivity contribution in [2.45, 2.75) is 0 Å². The molecular formula is C20H16N3P. The van der Waals surface area contributed by atoms with Crippen molar-refractivity contribution >= 4 is 30.2 Å². The first kappa shape index (κ1) is 13.6. The number of rotatable bonds is 3. The summed E-state index contributed by atoms with van der Waals surface area (Å²) in [7, 11) is -0.784. The highest BCUT2D eigenvalue weighted by molar-refractivity contribution is 7.53. The van der Waals surface area contributed by atoms with Crippen LogP contribution in [0.15, 0.2) is 97.6 Å². The number of fused-ring (bicyclic) bond motifs is 3. The Labute approximate surface area is 141 Å². The van der Waals surface area contributed by atoms with Gasteiger partial charge in [0.05, 0.1) is 11.0 Å². The summed E-state index contributed by atoms with van der Waals surface area (Å²) in [4.78, 5) is 0. The van der Waals surface area contributed by atoms with Gasteiger partial charge in [0.2, 0.25) is 8.37 Å². The van der Waals surface area contributed by atoms with Gasteiger partial charge in [0.1, 0.15) is 0 Å². The predicted molar refractivity (Wildman–Crippen MR) is 101 cm³/mol. The monoisotopic (exact) mass is 329 g/mol. The van der Waals surface area contributed by atoms with Crippen molar-refractivity contribution in [2.24, 2.45) is 0 Å². The van der Waals surface area contributed by atoms with E-state index in [1.807, 2.05) is 0 Å². The molecular weight excluding hydrogens is 313 g/mol. The highest BCUT2D eigenvalue weighted by Gasteiger charge is 2.20. The van der Waals surface area contributed by atoms with E-state index in [1.54, 1.807) is 0 Å². The van der Waals surface area contributed by atoms with Crippen molar-refractivity contribution in [1.82, 2.24) is 13.0 Å². The van der Waals surface area contributed by atoms with Crippen molar-refractivity contribution in [2.75, 3.05) is 0 Å². The molecule has 0 bridgehead atoms. The lowest BCUT2D eigenvalue weighted by Crippen LogP contribution is -2.05. The van der Waals surface area contributed by atoms with Crippen LogP contribution in [0.4, 0.5) is 0 Å². The second kappa shape index (κ2) is 5.40. The number of benzene rings is 2. The van der Waals surface area contributed by atoms with Crippen LogP contribution in [0, 0.1) is 0 Å². The molecule has 3 aromatic heterocycles. The first-order valence-electron chi connectivity index (χ1n) is 7.98. The molecule has 0 aliphatic heterocycles. The van der Waals surface area contributed by atoms with Gasteiger partial charge in [-0.1, -0.05) is 36.4 Å². The molecule has 5 rings (SSSR count). The fraction of sp³-hybridized carbons (Fsp3) is 0. The second-order valence-corrected chi connectivity index (χ2v) is 7.60. The first-order chi connectivity index (χ1) is 11.9. The van der Waals surface area contributed by atoms with Crippen molar-refractivity contribution in [3.05, 3.63) is 97.6 Å². The predicted octanol–water partition coefficient (Wildman–Crippen LogP) is 5.57. The SMILES string of the molecule is c1ccc2c(c1)c1ccccc1n2P(n1cccc1)n1cccc1. The van der Waals surface area contributed by atoms with Crippen molar-refractivity contribution in [1.29, 1.82) is 0 Å². The van der Waals surface area contributed by atoms with E-state index in [2.05, 4.69) is 111 Å². The quantitative estimate of drug-likeness (QED) is 0.384. The number of nitrogens with zero attached hydrogens (tertiary/aromatic N) is 3. The van der Waals surface area contributed by atoms with E-state index >= 15 is 0 Å². The average molecular weight is 329 g/mol. The standard InChI is InChI=1S/C20H16N3P/c1-3-11-19-17(9-1)18-10-2-4-12-20(18)23(19)24(21-13-5-6-14-21)22-15-7-8-16-22/h1-16H. The molecule has 3 nitrogen and oxygen atoms in total. The van der Waals surface area contributed by atoms with Gasteiger partial charge < -0.3 is 0 Å². The summed E-state index contributed by atoms with van der Waals surface area (Å²) in [5, 5.41) is 2.61. The number of aromatic nitrogens is 3. The maximum absolute atomic E-state index is 2.47. The Kier molecular flexibility index (Phi) is 3.07. The van der Waals surface area contributed by atoms with Crippen LogP contribution in [0.3, 0.4) is 0 Å². The van der Waals surface area contributed by atoms with Crippen molar-refractivity contribution in [3.63, 3.8) is 0 Å². The topological polar surface area (TPSA) is 14.8 Å². The summed E-state index contributed by atoms with van der Waals surface area (Å²) >= 11 is 0. The van der Waals surface area contributed by atoms with Crippen LogP contribution in [0.25, 0.3) is 21.8 Å². The van der Waals surface area contributed by atoms with Gasteiger partial charge >= 0.3 is 0 Å². The summed E-state index contributed by atoms with van der Waals surface area (Å²) in [6, 6.07) is 25.7. The molecule has 3 heterocycles. The Morgan fingerprint density at radius 2 is 0.917 bits per heavy atom.